The first-order valence-electron chi connectivity index (χ1n) is 6.12. The fourth-order valence-electron chi connectivity index (χ4n) is 2.34. The molecule has 1 aliphatic carbocycles. The van der Waals surface area contributed by atoms with E-state index >= 15 is 0 Å². The Labute approximate surface area is 106 Å². The lowest BCUT2D eigenvalue weighted by Gasteiger charge is -2.25. The number of hydrogen-bond donors (Lipinski definition) is 0. The predicted molar refractivity (Wildman–Crippen MR) is 68.2 cm³/mol. The zero-order chi connectivity index (χ0) is 12.1. The first kappa shape index (κ1) is 12.4. The van der Waals surface area contributed by atoms with Crippen LogP contribution in [0.4, 0.5) is 4.39 Å². The van der Waals surface area contributed by atoms with Crippen molar-refractivity contribution in [3.8, 4) is 6.07 Å². The lowest BCUT2D eigenvalue weighted by molar-refractivity contribution is 0.370. The molecule has 0 spiro atoms. The van der Waals surface area contributed by atoms with Crippen molar-refractivity contribution in [2.75, 3.05) is 0 Å². The zero-order valence-corrected chi connectivity index (χ0v) is 10.5. The van der Waals surface area contributed by atoms with E-state index in [4.69, 9.17) is 0 Å². The highest BCUT2D eigenvalue weighted by molar-refractivity contribution is 8.00. The molecule has 0 saturated heterocycles. The summed E-state index contributed by atoms with van der Waals surface area (Å²) < 4.78 is 13.5. The molecule has 0 radical (unpaired) electrons. The summed E-state index contributed by atoms with van der Waals surface area (Å²) in [5.74, 6) is 0.215. The molecular weight excluding hydrogens is 233 g/mol. The van der Waals surface area contributed by atoms with E-state index in [1.807, 2.05) is 6.07 Å². The van der Waals surface area contributed by atoms with E-state index in [9.17, 15) is 9.65 Å². The van der Waals surface area contributed by atoms with Gasteiger partial charge in [-0.1, -0.05) is 31.4 Å². The standard InChI is InChI=1S/C14H16FNS/c15-12-8-4-5-9-13(12)17-14(10-16)11-6-2-1-3-7-11/h4-5,8-9,11,14H,1-3,6-7H2. The van der Waals surface area contributed by atoms with Gasteiger partial charge in [-0.2, -0.15) is 5.26 Å². The Bertz CT molecular complexity index is 407. The SMILES string of the molecule is N#CC(Sc1ccccc1F)C1CCCCC1. The lowest BCUT2D eigenvalue weighted by Crippen LogP contribution is -2.18. The average Bonchev–Trinajstić information content (AvgIpc) is 2.39. The minimum absolute atomic E-state index is 0.104. The third-order valence-corrected chi connectivity index (χ3v) is 4.63. The maximum atomic E-state index is 13.5. The lowest BCUT2D eigenvalue weighted by atomic mass is 9.87. The van der Waals surface area contributed by atoms with Crippen LogP contribution in [0, 0.1) is 23.1 Å². The number of rotatable bonds is 3. The molecule has 1 aliphatic rings. The fourth-order valence-corrected chi connectivity index (χ4v) is 3.47. The van der Waals surface area contributed by atoms with Crippen molar-refractivity contribution in [3.05, 3.63) is 30.1 Å². The third-order valence-electron chi connectivity index (χ3n) is 3.30. The normalized spacial score (nSPS) is 18.6. The van der Waals surface area contributed by atoms with Gasteiger partial charge in [0.15, 0.2) is 0 Å². The number of nitriles is 1. The summed E-state index contributed by atoms with van der Waals surface area (Å²) in [5.41, 5.74) is 0. The molecule has 1 unspecified atom stereocenters. The van der Waals surface area contributed by atoms with Crippen molar-refractivity contribution in [1.82, 2.24) is 0 Å². The quantitative estimate of drug-likeness (QED) is 0.742. The second-order valence-corrected chi connectivity index (χ2v) is 5.68. The molecule has 1 aromatic carbocycles. The molecular formula is C14H16FNS. The van der Waals surface area contributed by atoms with Gasteiger partial charge in [0.1, 0.15) is 5.82 Å². The van der Waals surface area contributed by atoms with Gasteiger partial charge in [-0.15, -0.1) is 11.8 Å². The minimum Gasteiger partial charge on any atom is -0.206 e. The summed E-state index contributed by atoms with van der Waals surface area (Å²) in [4.78, 5) is 0.602. The van der Waals surface area contributed by atoms with E-state index in [2.05, 4.69) is 6.07 Å². The highest BCUT2D eigenvalue weighted by Crippen LogP contribution is 2.36. The molecule has 0 N–H and O–H groups in total. The highest BCUT2D eigenvalue weighted by atomic mass is 32.2. The Balaban J connectivity index is 2.05. The second-order valence-electron chi connectivity index (χ2n) is 4.50. The van der Waals surface area contributed by atoms with Gasteiger partial charge < -0.3 is 0 Å². The van der Waals surface area contributed by atoms with E-state index in [1.54, 1.807) is 12.1 Å². The van der Waals surface area contributed by atoms with Crippen LogP contribution >= 0.6 is 11.8 Å². The maximum absolute atomic E-state index is 13.5. The summed E-state index contributed by atoms with van der Waals surface area (Å²) in [6.07, 6.45) is 5.92. The molecule has 1 fully saturated rings. The highest BCUT2D eigenvalue weighted by Gasteiger charge is 2.25. The Hall–Kier alpha value is -1.01. The molecule has 0 aromatic heterocycles. The Morgan fingerprint density at radius 2 is 1.94 bits per heavy atom. The summed E-state index contributed by atoms with van der Waals surface area (Å²) in [7, 11) is 0. The smallest absolute Gasteiger partial charge is 0.136 e. The van der Waals surface area contributed by atoms with Gasteiger partial charge in [0.2, 0.25) is 0 Å². The summed E-state index contributed by atoms with van der Waals surface area (Å²) in [6, 6.07) is 9.06. The van der Waals surface area contributed by atoms with Crippen LogP contribution in [0.25, 0.3) is 0 Å². The maximum Gasteiger partial charge on any atom is 0.136 e. The fraction of sp³-hybridized carbons (Fsp3) is 0.500. The molecule has 1 nitrogen and oxygen atoms in total. The van der Waals surface area contributed by atoms with Crippen LogP contribution < -0.4 is 0 Å². The number of thioether (sulfide) groups is 1. The van der Waals surface area contributed by atoms with Crippen LogP contribution in [-0.2, 0) is 0 Å². The van der Waals surface area contributed by atoms with Crippen LogP contribution in [0.5, 0.6) is 0 Å². The van der Waals surface area contributed by atoms with E-state index in [0.717, 1.165) is 12.8 Å². The second kappa shape index (κ2) is 6.07. The molecule has 3 heteroatoms. The topological polar surface area (TPSA) is 23.8 Å². The van der Waals surface area contributed by atoms with Gasteiger partial charge in [0.05, 0.1) is 11.3 Å². The van der Waals surface area contributed by atoms with Gasteiger partial charge >= 0.3 is 0 Å². The molecule has 1 aromatic rings. The van der Waals surface area contributed by atoms with Crippen molar-refractivity contribution in [1.29, 1.82) is 5.26 Å². The number of halogens is 1. The number of hydrogen-bond acceptors (Lipinski definition) is 2. The summed E-state index contributed by atoms with van der Waals surface area (Å²) in [5, 5.41) is 9.13. The van der Waals surface area contributed by atoms with Crippen LogP contribution in [0.2, 0.25) is 0 Å². The first-order valence-corrected chi connectivity index (χ1v) is 7.00. The van der Waals surface area contributed by atoms with Crippen molar-refractivity contribution in [3.63, 3.8) is 0 Å². The first-order chi connectivity index (χ1) is 8.31. The number of nitrogens with zero attached hydrogens (tertiary/aromatic N) is 1. The van der Waals surface area contributed by atoms with Crippen molar-refractivity contribution in [2.24, 2.45) is 5.92 Å². The largest absolute Gasteiger partial charge is 0.206 e. The van der Waals surface area contributed by atoms with Gasteiger partial charge in [-0.25, -0.2) is 4.39 Å². The van der Waals surface area contributed by atoms with Crippen molar-refractivity contribution >= 4 is 11.8 Å². The molecule has 2 rings (SSSR count). The molecule has 90 valence electrons. The van der Waals surface area contributed by atoms with E-state index in [0.29, 0.717) is 10.8 Å². The monoisotopic (exact) mass is 249 g/mol. The number of benzene rings is 1. The van der Waals surface area contributed by atoms with Gasteiger partial charge in [-0.05, 0) is 30.9 Å². The van der Waals surface area contributed by atoms with Gasteiger partial charge in [-0.3, -0.25) is 0 Å². The molecule has 0 aliphatic heterocycles. The van der Waals surface area contributed by atoms with E-state index in [1.165, 1.54) is 37.1 Å². The Kier molecular flexibility index (Phi) is 4.44. The molecule has 1 saturated carbocycles. The molecule has 0 heterocycles. The minimum atomic E-state index is -0.214. The van der Waals surface area contributed by atoms with Crippen LogP contribution in [-0.4, -0.2) is 5.25 Å². The van der Waals surface area contributed by atoms with Crippen molar-refractivity contribution < 1.29 is 4.39 Å². The Morgan fingerprint density at radius 1 is 1.24 bits per heavy atom. The average molecular weight is 249 g/mol. The van der Waals surface area contributed by atoms with Crippen LogP contribution in [0.15, 0.2) is 29.2 Å². The predicted octanol–water partition coefficient (Wildman–Crippen LogP) is 4.39. The molecule has 1 atom stereocenters. The zero-order valence-electron chi connectivity index (χ0n) is 9.73. The van der Waals surface area contributed by atoms with Gasteiger partial charge in [0.25, 0.3) is 0 Å². The van der Waals surface area contributed by atoms with Crippen LogP contribution in [0.1, 0.15) is 32.1 Å². The molecule has 0 bridgehead atoms. The summed E-state index contributed by atoms with van der Waals surface area (Å²) in [6.45, 7) is 0. The molecule has 17 heavy (non-hydrogen) atoms. The molecule has 0 amide bonds. The summed E-state index contributed by atoms with van der Waals surface area (Å²) >= 11 is 1.39. The van der Waals surface area contributed by atoms with E-state index < -0.39 is 0 Å². The van der Waals surface area contributed by atoms with Crippen molar-refractivity contribution in [2.45, 2.75) is 42.2 Å². The third kappa shape index (κ3) is 3.23. The Morgan fingerprint density at radius 3 is 2.59 bits per heavy atom. The van der Waals surface area contributed by atoms with Crippen LogP contribution in [0.3, 0.4) is 0 Å². The van der Waals surface area contributed by atoms with E-state index in [-0.39, 0.29) is 11.1 Å². The van der Waals surface area contributed by atoms with Gasteiger partial charge in [0, 0.05) is 4.90 Å².